The second kappa shape index (κ2) is 15.5. The molecule has 0 amide bonds. The molecule has 0 aromatic carbocycles. The van der Waals surface area contributed by atoms with E-state index in [1.807, 2.05) is 110 Å². The van der Waals surface area contributed by atoms with Gasteiger partial charge in [0, 0.05) is 63.4 Å². The van der Waals surface area contributed by atoms with Crippen LogP contribution in [0, 0.1) is 0 Å². The second-order valence-corrected chi connectivity index (χ2v) is 10.8. The van der Waals surface area contributed by atoms with Crippen LogP contribution in [-0.4, -0.2) is 52.8 Å². The van der Waals surface area contributed by atoms with E-state index in [0.717, 1.165) is 53.7 Å². The van der Waals surface area contributed by atoms with E-state index in [9.17, 15) is 0 Å². The number of pyridine rings is 6. The zero-order chi connectivity index (χ0) is 30.5. The lowest BCUT2D eigenvalue weighted by molar-refractivity contribution is 0.164. The number of rotatable bonds is 14. The standard InChI is InChI=1S/C37H36N8/c1-7-20-38-30(14-1)28-44(36(32-16-3-9-22-40-32)33-17-4-10-23-41-33)26-13-27-45(29-31-15-2-8-21-39-31)37(34-18-5-11-24-42-34)35-19-6-12-25-43-35/h1-12,14-25,36-37H,13,26-29H2. The smallest absolute Gasteiger partial charge is 0.0953 e. The van der Waals surface area contributed by atoms with Crippen molar-refractivity contribution in [1.29, 1.82) is 0 Å². The Labute approximate surface area is 264 Å². The average Bonchev–Trinajstić information content (AvgIpc) is 3.11. The highest BCUT2D eigenvalue weighted by Crippen LogP contribution is 2.30. The van der Waals surface area contributed by atoms with Crippen LogP contribution >= 0.6 is 0 Å². The largest absolute Gasteiger partial charge is 0.284 e. The first-order chi connectivity index (χ1) is 22.3. The normalized spacial score (nSPS) is 11.5. The average molecular weight is 593 g/mol. The molecule has 6 aromatic heterocycles. The number of hydrogen-bond donors (Lipinski definition) is 0. The molecular weight excluding hydrogens is 556 g/mol. The molecule has 6 aromatic rings. The first-order valence-corrected chi connectivity index (χ1v) is 15.3. The molecule has 8 nitrogen and oxygen atoms in total. The van der Waals surface area contributed by atoms with Crippen LogP contribution in [0.25, 0.3) is 0 Å². The van der Waals surface area contributed by atoms with Gasteiger partial charge < -0.3 is 0 Å². The third kappa shape index (κ3) is 8.06. The van der Waals surface area contributed by atoms with Crippen LogP contribution in [0.3, 0.4) is 0 Å². The van der Waals surface area contributed by atoms with Crippen molar-refractivity contribution in [3.05, 3.63) is 181 Å². The first-order valence-electron chi connectivity index (χ1n) is 15.3. The van der Waals surface area contributed by atoms with Crippen molar-refractivity contribution in [3.63, 3.8) is 0 Å². The van der Waals surface area contributed by atoms with Gasteiger partial charge in [0.25, 0.3) is 0 Å². The van der Waals surface area contributed by atoms with Gasteiger partial charge >= 0.3 is 0 Å². The van der Waals surface area contributed by atoms with Crippen molar-refractivity contribution < 1.29 is 0 Å². The fourth-order valence-corrected chi connectivity index (χ4v) is 5.68. The Morgan fingerprint density at radius 1 is 0.378 bits per heavy atom. The van der Waals surface area contributed by atoms with Gasteiger partial charge in [-0.3, -0.25) is 39.7 Å². The van der Waals surface area contributed by atoms with Gasteiger partial charge in [-0.25, -0.2) is 0 Å². The van der Waals surface area contributed by atoms with Crippen molar-refractivity contribution in [3.8, 4) is 0 Å². The molecule has 0 atom stereocenters. The van der Waals surface area contributed by atoms with E-state index in [2.05, 4.69) is 56.2 Å². The highest BCUT2D eigenvalue weighted by Gasteiger charge is 2.28. The molecule has 6 heterocycles. The van der Waals surface area contributed by atoms with E-state index < -0.39 is 0 Å². The Kier molecular flexibility index (Phi) is 10.3. The monoisotopic (exact) mass is 592 g/mol. The molecule has 0 aliphatic carbocycles. The van der Waals surface area contributed by atoms with E-state index in [0.29, 0.717) is 13.1 Å². The molecule has 0 aliphatic rings. The topological polar surface area (TPSA) is 83.8 Å². The molecule has 0 N–H and O–H groups in total. The fraction of sp³-hybridized carbons (Fsp3) is 0.189. The lowest BCUT2D eigenvalue weighted by Crippen LogP contribution is -2.36. The molecule has 0 saturated heterocycles. The minimum absolute atomic E-state index is 0.138. The Balaban J connectivity index is 1.33. The van der Waals surface area contributed by atoms with Crippen LogP contribution in [0.15, 0.2) is 146 Å². The number of aromatic nitrogens is 6. The van der Waals surface area contributed by atoms with Gasteiger partial charge in [-0.05, 0) is 79.2 Å². The van der Waals surface area contributed by atoms with Crippen molar-refractivity contribution in [2.45, 2.75) is 31.6 Å². The maximum Gasteiger partial charge on any atom is 0.0953 e. The zero-order valence-corrected chi connectivity index (χ0v) is 25.1. The summed E-state index contributed by atoms with van der Waals surface area (Å²) in [7, 11) is 0. The van der Waals surface area contributed by atoms with Gasteiger partial charge in [0.15, 0.2) is 0 Å². The Morgan fingerprint density at radius 2 is 0.689 bits per heavy atom. The van der Waals surface area contributed by atoms with E-state index in [-0.39, 0.29) is 12.1 Å². The lowest BCUT2D eigenvalue weighted by Gasteiger charge is -2.34. The molecule has 45 heavy (non-hydrogen) atoms. The summed E-state index contributed by atoms with van der Waals surface area (Å²) in [6.45, 7) is 2.88. The Hall–Kier alpha value is -5.18. The van der Waals surface area contributed by atoms with E-state index in [1.165, 1.54) is 0 Å². The van der Waals surface area contributed by atoms with E-state index >= 15 is 0 Å². The highest BCUT2D eigenvalue weighted by molar-refractivity contribution is 5.24. The lowest BCUT2D eigenvalue weighted by atomic mass is 10.0. The summed E-state index contributed by atoms with van der Waals surface area (Å²) in [5.41, 5.74) is 5.82. The molecule has 0 spiro atoms. The number of nitrogens with zero attached hydrogens (tertiary/aromatic N) is 8. The molecule has 0 radical (unpaired) electrons. The van der Waals surface area contributed by atoms with E-state index in [1.54, 1.807) is 0 Å². The van der Waals surface area contributed by atoms with Gasteiger partial charge in [0.05, 0.1) is 46.2 Å². The minimum Gasteiger partial charge on any atom is -0.284 e. The molecule has 0 fully saturated rings. The summed E-state index contributed by atoms with van der Waals surface area (Å²) < 4.78 is 0. The molecule has 0 unspecified atom stereocenters. The van der Waals surface area contributed by atoms with Crippen molar-refractivity contribution in [2.24, 2.45) is 0 Å². The predicted octanol–water partition coefficient (Wildman–Crippen LogP) is 6.33. The quantitative estimate of drug-likeness (QED) is 0.145. The Bertz CT molecular complexity index is 1470. The predicted molar refractivity (Wildman–Crippen MR) is 175 cm³/mol. The summed E-state index contributed by atoms with van der Waals surface area (Å²) in [6.07, 6.45) is 12.0. The van der Waals surface area contributed by atoms with Gasteiger partial charge in [-0.15, -0.1) is 0 Å². The van der Waals surface area contributed by atoms with E-state index in [4.69, 9.17) is 19.9 Å². The summed E-state index contributed by atoms with van der Waals surface area (Å²) in [6, 6.07) is 36.1. The van der Waals surface area contributed by atoms with Crippen molar-refractivity contribution in [1.82, 2.24) is 39.7 Å². The van der Waals surface area contributed by atoms with Crippen LogP contribution in [-0.2, 0) is 13.1 Å². The summed E-state index contributed by atoms with van der Waals surface area (Å²) in [5.74, 6) is 0. The van der Waals surface area contributed by atoms with Crippen LogP contribution < -0.4 is 0 Å². The summed E-state index contributed by atoms with van der Waals surface area (Å²) in [5, 5.41) is 0. The Morgan fingerprint density at radius 3 is 0.956 bits per heavy atom. The highest BCUT2D eigenvalue weighted by atomic mass is 15.2. The maximum absolute atomic E-state index is 4.79. The molecule has 224 valence electrons. The molecule has 0 saturated carbocycles. The van der Waals surface area contributed by atoms with Crippen LogP contribution in [0.4, 0.5) is 0 Å². The number of hydrogen-bond acceptors (Lipinski definition) is 8. The van der Waals surface area contributed by atoms with Gasteiger partial charge in [0.2, 0.25) is 0 Å². The molecular formula is C37H36N8. The molecule has 8 heteroatoms. The van der Waals surface area contributed by atoms with Crippen molar-refractivity contribution in [2.75, 3.05) is 13.1 Å². The summed E-state index contributed by atoms with van der Waals surface area (Å²) >= 11 is 0. The molecule has 6 rings (SSSR count). The van der Waals surface area contributed by atoms with Crippen LogP contribution in [0.2, 0.25) is 0 Å². The SMILES string of the molecule is c1ccc(CN(CCCN(Cc2ccccn2)C(c2ccccn2)c2ccccn2)C(c2ccccn2)c2ccccn2)nc1. The third-order valence-electron chi connectivity index (χ3n) is 7.68. The van der Waals surface area contributed by atoms with Crippen molar-refractivity contribution >= 4 is 0 Å². The molecule has 0 bridgehead atoms. The van der Waals surface area contributed by atoms with Gasteiger partial charge in [-0.2, -0.15) is 0 Å². The fourth-order valence-electron chi connectivity index (χ4n) is 5.68. The zero-order valence-electron chi connectivity index (χ0n) is 25.1. The third-order valence-corrected chi connectivity index (χ3v) is 7.68. The first kappa shape index (κ1) is 29.9. The summed E-state index contributed by atoms with van der Waals surface area (Å²) in [4.78, 5) is 33.4. The minimum atomic E-state index is -0.138. The maximum atomic E-state index is 4.79. The van der Waals surface area contributed by atoms with Crippen LogP contribution in [0.5, 0.6) is 0 Å². The van der Waals surface area contributed by atoms with Gasteiger partial charge in [0.1, 0.15) is 0 Å². The molecule has 0 aliphatic heterocycles. The van der Waals surface area contributed by atoms with Crippen LogP contribution in [0.1, 0.15) is 52.7 Å². The van der Waals surface area contributed by atoms with Gasteiger partial charge in [-0.1, -0.05) is 36.4 Å². The second-order valence-electron chi connectivity index (χ2n) is 10.8.